The summed E-state index contributed by atoms with van der Waals surface area (Å²) in [6, 6.07) is 0. The number of methoxy groups -OCH3 is 1. The van der Waals surface area contributed by atoms with Gasteiger partial charge in [0.05, 0.1) is 26.0 Å². The van der Waals surface area contributed by atoms with Crippen LogP contribution in [0, 0.1) is 0 Å². The standard InChI is InChI=1S/C10H13N3O3/c1-11-8-6-5-16-4-3-7(6)12-9(13-8)10(14)15-2/h3-5H2,1-2H3,(H,11,12,13). The van der Waals surface area contributed by atoms with Gasteiger partial charge in [0.2, 0.25) is 5.82 Å². The van der Waals surface area contributed by atoms with Gasteiger partial charge in [-0.25, -0.2) is 14.8 Å². The lowest BCUT2D eigenvalue weighted by Gasteiger charge is -2.18. The van der Waals surface area contributed by atoms with Crippen LogP contribution in [0.25, 0.3) is 0 Å². The van der Waals surface area contributed by atoms with Gasteiger partial charge in [-0.1, -0.05) is 0 Å². The average Bonchev–Trinajstić information content (AvgIpc) is 2.36. The van der Waals surface area contributed by atoms with Gasteiger partial charge in [-0.2, -0.15) is 0 Å². The molecule has 6 heteroatoms. The van der Waals surface area contributed by atoms with Gasteiger partial charge in [0.25, 0.3) is 0 Å². The van der Waals surface area contributed by atoms with Crippen molar-refractivity contribution in [1.82, 2.24) is 9.97 Å². The molecule has 0 aromatic carbocycles. The van der Waals surface area contributed by atoms with Crippen LogP contribution >= 0.6 is 0 Å². The number of hydrogen-bond donors (Lipinski definition) is 1. The average molecular weight is 223 g/mol. The maximum absolute atomic E-state index is 11.4. The molecule has 0 aliphatic carbocycles. The summed E-state index contributed by atoms with van der Waals surface area (Å²) in [6.45, 7) is 1.10. The number of carbonyl (C=O) groups excluding carboxylic acids is 1. The minimum atomic E-state index is -0.522. The Kier molecular flexibility index (Phi) is 3.00. The first-order valence-electron chi connectivity index (χ1n) is 5.00. The van der Waals surface area contributed by atoms with E-state index in [0.717, 1.165) is 11.3 Å². The Labute approximate surface area is 93.0 Å². The molecule has 0 radical (unpaired) electrons. The highest BCUT2D eigenvalue weighted by Crippen LogP contribution is 2.21. The number of hydrogen-bond acceptors (Lipinski definition) is 6. The molecule has 16 heavy (non-hydrogen) atoms. The Morgan fingerprint density at radius 2 is 2.31 bits per heavy atom. The van der Waals surface area contributed by atoms with Gasteiger partial charge in [-0.15, -0.1) is 0 Å². The highest BCUT2D eigenvalue weighted by molar-refractivity contribution is 5.85. The molecule has 0 saturated heterocycles. The summed E-state index contributed by atoms with van der Waals surface area (Å²) >= 11 is 0. The molecular formula is C10H13N3O3. The lowest BCUT2D eigenvalue weighted by Crippen LogP contribution is -2.19. The zero-order valence-electron chi connectivity index (χ0n) is 9.24. The van der Waals surface area contributed by atoms with E-state index in [2.05, 4.69) is 20.0 Å². The van der Waals surface area contributed by atoms with Crippen molar-refractivity contribution in [3.05, 3.63) is 17.1 Å². The largest absolute Gasteiger partial charge is 0.463 e. The summed E-state index contributed by atoms with van der Waals surface area (Å²) < 4.78 is 9.93. The second-order valence-corrected chi connectivity index (χ2v) is 3.37. The summed E-state index contributed by atoms with van der Waals surface area (Å²) in [5.74, 6) is 0.198. The highest BCUT2D eigenvalue weighted by atomic mass is 16.5. The van der Waals surface area contributed by atoms with E-state index < -0.39 is 5.97 Å². The lowest BCUT2D eigenvalue weighted by atomic mass is 10.1. The Hall–Kier alpha value is -1.69. The first-order chi connectivity index (χ1) is 7.76. The number of ether oxygens (including phenoxy) is 2. The van der Waals surface area contributed by atoms with E-state index >= 15 is 0 Å². The van der Waals surface area contributed by atoms with Crippen LogP contribution in [0.1, 0.15) is 21.9 Å². The zero-order chi connectivity index (χ0) is 11.5. The number of rotatable bonds is 2. The number of esters is 1. The van der Waals surface area contributed by atoms with E-state index in [4.69, 9.17) is 4.74 Å². The topological polar surface area (TPSA) is 73.3 Å². The van der Waals surface area contributed by atoms with Gasteiger partial charge < -0.3 is 14.8 Å². The molecule has 1 N–H and O–H groups in total. The van der Waals surface area contributed by atoms with E-state index in [1.54, 1.807) is 7.05 Å². The number of aromatic nitrogens is 2. The van der Waals surface area contributed by atoms with Gasteiger partial charge in [0, 0.05) is 19.0 Å². The van der Waals surface area contributed by atoms with Crippen molar-refractivity contribution in [2.24, 2.45) is 0 Å². The van der Waals surface area contributed by atoms with E-state index in [-0.39, 0.29) is 5.82 Å². The molecule has 0 bridgehead atoms. The number of nitrogens with one attached hydrogen (secondary N) is 1. The maximum Gasteiger partial charge on any atom is 0.376 e. The predicted octanol–water partition coefficient (Wildman–Crippen LogP) is 0.378. The van der Waals surface area contributed by atoms with Gasteiger partial charge >= 0.3 is 5.97 Å². The molecule has 0 amide bonds. The highest BCUT2D eigenvalue weighted by Gasteiger charge is 2.20. The van der Waals surface area contributed by atoms with Crippen LogP contribution in [0.2, 0.25) is 0 Å². The van der Waals surface area contributed by atoms with Gasteiger partial charge in [-0.3, -0.25) is 0 Å². The summed E-state index contributed by atoms with van der Waals surface area (Å²) in [5.41, 5.74) is 1.77. The number of nitrogens with zero attached hydrogens (tertiary/aromatic N) is 2. The normalized spacial score (nSPS) is 14.1. The van der Waals surface area contributed by atoms with Crippen LogP contribution in [0.15, 0.2) is 0 Å². The second-order valence-electron chi connectivity index (χ2n) is 3.37. The third-order valence-electron chi connectivity index (χ3n) is 2.43. The van der Waals surface area contributed by atoms with Crippen molar-refractivity contribution < 1.29 is 14.3 Å². The Balaban J connectivity index is 2.47. The van der Waals surface area contributed by atoms with Crippen molar-refractivity contribution in [1.29, 1.82) is 0 Å². The molecule has 0 unspecified atom stereocenters. The van der Waals surface area contributed by atoms with Gasteiger partial charge in [-0.05, 0) is 0 Å². The van der Waals surface area contributed by atoms with Crippen LogP contribution in [0.3, 0.4) is 0 Å². The maximum atomic E-state index is 11.4. The lowest BCUT2D eigenvalue weighted by molar-refractivity contribution is 0.0584. The van der Waals surface area contributed by atoms with Crippen molar-refractivity contribution in [3.63, 3.8) is 0 Å². The first-order valence-corrected chi connectivity index (χ1v) is 5.00. The molecule has 6 nitrogen and oxygen atoms in total. The van der Waals surface area contributed by atoms with Crippen molar-refractivity contribution >= 4 is 11.8 Å². The number of carbonyl (C=O) groups is 1. The summed E-state index contributed by atoms with van der Waals surface area (Å²) in [4.78, 5) is 19.6. The smallest absolute Gasteiger partial charge is 0.376 e. The molecule has 1 aliphatic heterocycles. The monoisotopic (exact) mass is 223 g/mol. The molecule has 0 saturated carbocycles. The minimum absolute atomic E-state index is 0.0903. The fraction of sp³-hybridized carbons (Fsp3) is 0.500. The minimum Gasteiger partial charge on any atom is -0.463 e. The molecule has 2 rings (SSSR count). The van der Waals surface area contributed by atoms with Crippen LogP contribution in [0.4, 0.5) is 5.82 Å². The van der Waals surface area contributed by atoms with Crippen molar-refractivity contribution in [2.45, 2.75) is 13.0 Å². The van der Waals surface area contributed by atoms with Gasteiger partial charge in [0.1, 0.15) is 5.82 Å². The fourth-order valence-corrected chi connectivity index (χ4v) is 1.62. The molecular weight excluding hydrogens is 210 g/mol. The summed E-state index contributed by atoms with van der Waals surface area (Å²) in [6.07, 6.45) is 0.691. The third kappa shape index (κ3) is 1.83. The number of anilines is 1. The zero-order valence-corrected chi connectivity index (χ0v) is 9.24. The van der Waals surface area contributed by atoms with Crippen molar-refractivity contribution in [2.75, 3.05) is 26.1 Å². The van der Waals surface area contributed by atoms with Crippen LogP contribution < -0.4 is 5.32 Å². The molecule has 1 aliphatic rings. The Morgan fingerprint density at radius 1 is 1.50 bits per heavy atom. The van der Waals surface area contributed by atoms with E-state index in [0.29, 0.717) is 25.5 Å². The first kappa shape index (κ1) is 10.8. The third-order valence-corrected chi connectivity index (χ3v) is 2.43. The second kappa shape index (κ2) is 4.44. The van der Waals surface area contributed by atoms with Crippen molar-refractivity contribution in [3.8, 4) is 0 Å². The van der Waals surface area contributed by atoms with Gasteiger partial charge in [0.15, 0.2) is 0 Å². The quantitative estimate of drug-likeness (QED) is 0.730. The molecule has 0 atom stereocenters. The summed E-state index contributed by atoms with van der Waals surface area (Å²) in [7, 11) is 3.06. The van der Waals surface area contributed by atoms with E-state index in [9.17, 15) is 4.79 Å². The SMILES string of the molecule is CNc1nc(C(=O)OC)nc2c1COCC2. The van der Waals surface area contributed by atoms with E-state index in [1.807, 2.05) is 0 Å². The number of fused-ring (bicyclic) bond motifs is 1. The molecule has 1 aromatic rings. The molecule has 86 valence electrons. The predicted molar refractivity (Wildman–Crippen MR) is 56.3 cm³/mol. The van der Waals surface area contributed by atoms with Crippen LogP contribution in [0.5, 0.6) is 0 Å². The molecule has 0 spiro atoms. The molecule has 2 heterocycles. The fourth-order valence-electron chi connectivity index (χ4n) is 1.62. The Bertz CT molecular complexity index is 403. The molecule has 0 fully saturated rings. The Morgan fingerprint density at radius 3 is 3.00 bits per heavy atom. The van der Waals surface area contributed by atoms with E-state index in [1.165, 1.54) is 7.11 Å². The van der Waals surface area contributed by atoms with Crippen LogP contribution in [-0.4, -0.2) is 36.7 Å². The summed E-state index contributed by atoms with van der Waals surface area (Å²) in [5, 5.41) is 2.94. The van der Waals surface area contributed by atoms with Crippen LogP contribution in [-0.2, 0) is 22.5 Å². The molecule has 1 aromatic heterocycles.